The second-order valence-electron chi connectivity index (χ2n) is 3.35. The van der Waals surface area contributed by atoms with Crippen LogP contribution in [0.2, 0.25) is 0 Å². The lowest BCUT2D eigenvalue weighted by atomic mass is 10.1. The summed E-state index contributed by atoms with van der Waals surface area (Å²) < 4.78 is 5.01. The van der Waals surface area contributed by atoms with Gasteiger partial charge in [0.05, 0.1) is 5.71 Å². The number of nitrogens with zero attached hydrogens (tertiary/aromatic N) is 1. The van der Waals surface area contributed by atoms with E-state index in [1.54, 1.807) is 31.2 Å². The Balaban J connectivity index is 2.99. The third kappa shape index (κ3) is 4.06. The van der Waals surface area contributed by atoms with Gasteiger partial charge in [-0.3, -0.25) is 4.79 Å². The lowest BCUT2D eigenvalue weighted by Crippen LogP contribution is -2.07. The van der Waals surface area contributed by atoms with Crippen molar-refractivity contribution in [2.24, 2.45) is 5.16 Å². The molecule has 1 aromatic rings. The fourth-order valence-electron chi connectivity index (χ4n) is 1.19. The van der Waals surface area contributed by atoms with E-state index in [0.29, 0.717) is 17.0 Å². The summed E-state index contributed by atoms with van der Waals surface area (Å²) in [4.78, 5) is 26.1. The van der Waals surface area contributed by atoms with Crippen LogP contribution in [0.1, 0.15) is 26.3 Å². The highest BCUT2D eigenvalue weighted by atomic mass is 16.7. The van der Waals surface area contributed by atoms with Crippen LogP contribution in [0.3, 0.4) is 0 Å². The fourth-order valence-corrected chi connectivity index (χ4v) is 1.19. The number of hydrogen-bond acceptors (Lipinski definition) is 5. The molecule has 0 aliphatic heterocycles. The Kier molecular flexibility index (Phi) is 4.39. The molecule has 0 saturated heterocycles. The molecule has 1 aromatic carbocycles. The van der Waals surface area contributed by atoms with Gasteiger partial charge < -0.3 is 9.57 Å². The van der Waals surface area contributed by atoms with Gasteiger partial charge in [0.1, 0.15) is 5.75 Å². The monoisotopic (exact) mass is 235 g/mol. The Bertz CT molecular complexity index is 465. The topological polar surface area (TPSA) is 65.0 Å². The maximum absolute atomic E-state index is 10.9. The van der Waals surface area contributed by atoms with E-state index in [4.69, 9.17) is 4.74 Å². The van der Waals surface area contributed by atoms with E-state index in [2.05, 4.69) is 9.99 Å². The molecule has 0 aliphatic rings. The number of para-hydroxylation sites is 1. The number of oxime groups is 1. The molecule has 0 spiro atoms. The van der Waals surface area contributed by atoms with E-state index in [-0.39, 0.29) is 0 Å². The number of rotatable bonds is 3. The molecule has 5 nitrogen and oxygen atoms in total. The number of carbonyl (C=O) groups excluding carboxylic acids is 2. The van der Waals surface area contributed by atoms with Gasteiger partial charge >= 0.3 is 11.9 Å². The molecular weight excluding hydrogens is 222 g/mol. The van der Waals surface area contributed by atoms with Crippen LogP contribution in [-0.2, 0) is 14.4 Å². The van der Waals surface area contributed by atoms with Crippen molar-refractivity contribution in [3.8, 4) is 5.75 Å². The van der Waals surface area contributed by atoms with Crippen LogP contribution in [0.4, 0.5) is 0 Å². The van der Waals surface area contributed by atoms with Crippen molar-refractivity contribution >= 4 is 17.7 Å². The van der Waals surface area contributed by atoms with Crippen molar-refractivity contribution < 1.29 is 19.2 Å². The largest absolute Gasteiger partial charge is 0.426 e. The highest BCUT2D eigenvalue weighted by Gasteiger charge is 2.08. The number of benzene rings is 1. The van der Waals surface area contributed by atoms with Crippen molar-refractivity contribution in [1.29, 1.82) is 0 Å². The third-order valence-electron chi connectivity index (χ3n) is 1.84. The molecule has 1 rings (SSSR count). The Morgan fingerprint density at radius 1 is 1.06 bits per heavy atom. The van der Waals surface area contributed by atoms with Crippen LogP contribution in [0, 0.1) is 0 Å². The van der Waals surface area contributed by atoms with Crippen molar-refractivity contribution in [3.05, 3.63) is 29.8 Å². The fraction of sp³-hybridized carbons (Fsp3) is 0.250. The molecule has 0 aromatic heterocycles. The summed E-state index contributed by atoms with van der Waals surface area (Å²) >= 11 is 0. The molecule has 5 heteroatoms. The summed E-state index contributed by atoms with van der Waals surface area (Å²) in [6.07, 6.45) is 0. The molecule has 0 radical (unpaired) electrons. The molecule has 0 fully saturated rings. The van der Waals surface area contributed by atoms with Crippen molar-refractivity contribution in [3.63, 3.8) is 0 Å². The second-order valence-corrected chi connectivity index (χ2v) is 3.35. The molecule has 0 saturated carbocycles. The van der Waals surface area contributed by atoms with E-state index in [0.717, 1.165) is 0 Å². The summed E-state index contributed by atoms with van der Waals surface area (Å²) in [6.45, 7) is 4.23. The summed E-state index contributed by atoms with van der Waals surface area (Å²) in [7, 11) is 0. The highest BCUT2D eigenvalue weighted by molar-refractivity contribution is 6.01. The molecule has 0 aliphatic carbocycles. The zero-order valence-corrected chi connectivity index (χ0v) is 9.89. The first-order chi connectivity index (χ1) is 8.00. The zero-order chi connectivity index (χ0) is 12.8. The average molecular weight is 235 g/mol. The highest BCUT2D eigenvalue weighted by Crippen LogP contribution is 2.19. The van der Waals surface area contributed by atoms with Crippen LogP contribution >= 0.6 is 0 Å². The minimum Gasteiger partial charge on any atom is -0.426 e. The van der Waals surface area contributed by atoms with Crippen LogP contribution in [0.15, 0.2) is 29.4 Å². The van der Waals surface area contributed by atoms with E-state index < -0.39 is 11.9 Å². The first kappa shape index (κ1) is 12.9. The standard InChI is InChI=1S/C12H13NO4/c1-8(13-17-10(3)15)11-6-4-5-7-12(11)16-9(2)14/h4-7H,1-3H3/b13-8+. The Morgan fingerprint density at radius 2 is 1.71 bits per heavy atom. The molecule has 0 amide bonds. The first-order valence-electron chi connectivity index (χ1n) is 5.00. The summed E-state index contributed by atoms with van der Waals surface area (Å²) in [6, 6.07) is 6.88. The lowest BCUT2D eigenvalue weighted by Gasteiger charge is -2.07. The first-order valence-corrected chi connectivity index (χ1v) is 5.00. The molecule has 0 heterocycles. The maximum atomic E-state index is 10.9. The molecule has 0 bridgehead atoms. The average Bonchev–Trinajstić information content (AvgIpc) is 2.25. The van der Waals surface area contributed by atoms with Gasteiger partial charge in [0.25, 0.3) is 0 Å². The predicted molar refractivity (Wildman–Crippen MR) is 61.7 cm³/mol. The molecule has 0 atom stereocenters. The quantitative estimate of drug-likeness (QED) is 0.264. The molecule has 90 valence electrons. The summed E-state index contributed by atoms with van der Waals surface area (Å²) in [5, 5.41) is 3.64. The molecule has 17 heavy (non-hydrogen) atoms. The van der Waals surface area contributed by atoms with Gasteiger partial charge in [0, 0.05) is 19.4 Å². The Labute approximate surface area is 99.0 Å². The van der Waals surface area contributed by atoms with Crippen LogP contribution in [0.25, 0.3) is 0 Å². The minimum absolute atomic E-state index is 0.383. The van der Waals surface area contributed by atoms with Crippen LogP contribution in [0.5, 0.6) is 5.75 Å². The summed E-state index contributed by atoms with van der Waals surface area (Å²) in [5.41, 5.74) is 1.06. The van der Waals surface area contributed by atoms with Gasteiger partial charge in [-0.15, -0.1) is 0 Å². The normalized spacial score (nSPS) is 10.9. The molecule has 0 N–H and O–H groups in total. The number of esters is 1. The SMILES string of the molecule is CC(=O)O/N=C(\C)c1ccccc1OC(C)=O. The predicted octanol–water partition coefficient (Wildman–Crippen LogP) is 1.90. The van der Waals surface area contributed by atoms with E-state index in [1.807, 2.05) is 0 Å². The molecular formula is C12H13NO4. The van der Waals surface area contributed by atoms with Crippen molar-refractivity contribution in [1.82, 2.24) is 0 Å². The van der Waals surface area contributed by atoms with Gasteiger partial charge in [-0.2, -0.15) is 0 Å². The van der Waals surface area contributed by atoms with Gasteiger partial charge in [0.15, 0.2) is 0 Å². The van der Waals surface area contributed by atoms with Gasteiger partial charge in [-0.05, 0) is 19.1 Å². The lowest BCUT2D eigenvalue weighted by molar-refractivity contribution is -0.141. The van der Waals surface area contributed by atoms with E-state index >= 15 is 0 Å². The van der Waals surface area contributed by atoms with Gasteiger partial charge in [-0.25, -0.2) is 4.79 Å². The Morgan fingerprint density at radius 3 is 2.29 bits per heavy atom. The number of hydrogen-bond donors (Lipinski definition) is 0. The smallest absolute Gasteiger partial charge is 0.331 e. The van der Waals surface area contributed by atoms with Crippen LogP contribution < -0.4 is 4.74 Å². The van der Waals surface area contributed by atoms with Crippen molar-refractivity contribution in [2.75, 3.05) is 0 Å². The van der Waals surface area contributed by atoms with E-state index in [1.165, 1.54) is 13.8 Å². The van der Waals surface area contributed by atoms with Crippen LogP contribution in [-0.4, -0.2) is 17.7 Å². The Hall–Kier alpha value is -2.17. The number of carbonyl (C=O) groups is 2. The number of ether oxygens (including phenoxy) is 1. The summed E-state index contributed by atoms with van der Waals surface area (Å²) in [5.74, 6) is -0.541. The zero-order valence-electron chi connectivity index (χ0n) is 9.89. The van der Waals surface area contributed by atoms with Gasteiger partial charge in [0.2, 0.25) is 0 Å². The maximum Gasteiger partial charge on any atom is 0.331 e. The van der Waals surface area contributed by atoms with Crippen molar-refractivity contribution in [2.45, 2.75) is 20.8 Å². The molecule has 0 unspecified atom stereocenters. The van der Waals surface area contributed by atoms with E-state index in [9.17, 15) is 9.59 Å². The minimum atomic E-state index is -0.505. The third-order valence-corrected chi connectivity index (χ3v) is 1.84. The second kappa shape index (κ2) is 5.79. The van der Waals surface area contributed by atoms with Gasteiger partial charge in [-0.1, -0.05) is 17.3 Å².